The van der Waals surface area contributed by atoms with Gasteiger partial charge >= 0.3 is 0 Å². The Kier molecular flexibility index (Phi) is 7.18. The minimum absolute atomic E-state index is 0.0842. The Hall–Kier alpha value is -2.66. The second-order valence-corrected chi connectivity index (χ2v) is 10.3. The monoisotopic (exact) mass is 492 g/mol. The van der Waals surface area contributed by atoms with E-state index in [4.69, 9.17) is 16.3 Å². The number of benzene rings is 2. The Morgan fingerprint density at radius 2 is 1.76 bits per heavy atom. The highest BCUT2D eigenvalue weighted by Gasteiger charge is 2.26. The van der Waals surface area contributed by atoms with E-state index >= 15 is 0 Å². The summed E-state index contributed by atoms with van der Waals surface area (Å²) < 4.78 is 32.0. The van der Waals surface area contributed by atoms with Gasteiger partial charge in [0.1, 0.15) is 0 Å². The van der Waals surface area contributed by atoms with Crippen LogP contribution >= 0.6 is 11.6 Å². The van der Waals surface area contributed by atoms with Crippen LogP contribution in [0.4, 0.5) is 11.4 Å². The molecule has 0 radical (unpaired) electrons. The second-order valence-electron chi connectivity index (χ2n) is 7.88. The first-order valence-electron chi connectivity index (χ1n) is 10.6. The predicted molar refractivity (Wildman–Crippen MR) is 125 cm³/mol. The van der Waals surface area contributed by atoms with Crippen molar-refractivity contribution in [2.24, 2.45) is 0 Å². The zero-order valence-electron chi connectivity index (χ0n) is 17.8. The smallest absolute Gasteiger partial charge is 0.253 e. The number of ether oxygens (including phenoxy) is 1. The van der Waals surface area contributed by atoms with Gasteiger partial charge in [0.05, 0.1) is 30.2 Å². The van der Waals surface area contributed by atoms with Gasteiger partial charge in [-0.25, -0.2) is 8.42 Å². The lowest BCUT2D eigenvalue weighted by atomic mass is 10.1. The van der Waals surface area contributed by atoms with Gasteiger partial charge < -0.3 is 20.7 Å². The Morgan fingerprint density at radius 1 is 1.06 bits per heavy atom. The summed E-state index contributed by atoms with van der Waals surface area (Å²) in [7, 11) is -3.59. The molecule has 0 unspecified atom stereocenters. The number of hydrogen-bond acceptors (Lipinski definition) is 6. The molecule has 0 atom stereocenters. The van der Waals surface area contributed by atoms with E-state index in [1.807, 2.05) is 0 Å². The molecule has 2 fully saturated rings. The number of rotatable bonds is 8. The molecule has 4 rings (SSSR count). The zero-order chi connectivity index (χ0) is 23.4. The zero-order valence-corrected chi connectivity index (χ0v) is 19.4. The molecule has 1 heterocycles. The highest BCUT2D eigenvalue weighted by Crippen LogP contribution is 2.24. The van der Waals surface area contributed by atoms with Gasteiger partial charge in [0.25, 0.3) is 5.91 Å². The van der Waals surface area contributed by atoms with Gasteiger partial charge in [0.15, 0.2) is 0 Å². The first kappa shape index (κ1) is 23.5. The maximum Gasteiger partial charge on any atom is 0.253 e. The van der Waals surface area contributed by atoms with Gasteiger partial charge in [-0.05, 0) is 55.3 Å². The Balaban J connectivity index is 1.35. The molecule has 1 saturated heterocycles. The lowest BCUT2D eigenvalue weighted by Crippen LogP contribution is -2.40. The standard InChI is InChI=1S/C22H25ClN4O5S/c23-15-1-8-20(19(13-15)22(29)26-17-2-3-17)24-14-21(28)25-16-4-6-18(7-5-16)33(30,31)27-9-11-32-12-10-27/h1,4-8,13,17,24H,2-3,9-12,14H2,(H,25,28)(H,26,29). The molecule has 0 spiro atoms. The molecule has 0 aromatic heterocycles. The summed E-state index contributed by atoms with van der Waals surface area (Å²) in [6.45, 7) is 1.30. The van der Waals surface area contributed by atoms with E-state index in [0.29, 0.717) is 48.3 Å². The van der Waals surface area contributed by atoms with Gasteiger partial charge in [-0.15, -0.1) is 0 Å². The summed E-state index contributed by atoms with van der Waals surface area (Å²) in [5, 5.41) is 9.02. The molecule has 2 aromatic carbocycles. The van der Waals surface area contributed by atoms with Crippen LogP contribution in [0, 0.1) is 0 Å². The molecule has 1 saturated carbocycles. The number of sulfonamides is 1. The molecule has 0 bridgehead atoms. The average Bonchev–Trinajstić information content (AvgIpc) is 3.63. The highest BCUT2D eigenvalue weighted by molar-refractivity contribution is 7.89. The third kappa shape index (κ3) is 6.02. The lowest BCUT2D eigenvalue weighted by Gasteiger charge is -2.26. The number of carbonyl (C=O) groups excluding carboxylic acids is 2. The van der Waals surface area contributed by atoms with Crippen molar-refractivity contribution >= 4 is 44.8 Å². The third-order valence-corrected chi connectivity index (χ3v) is 7.47. The fourth-order valence-corrected chi connectivity index (χ4v) is 4.96. The number of nitrogens with zero attached hydrogens (tertiary/aromatic N) is 1. The van der Waals surface area contributed by atoms with Crippen molar-refractivity contribution in [3.05, 3.63) is 53.1 Å². The van der Waals surface area contributed by atoms with Crippen LogP contribution in [0.15, 0.2) is 47.4 Å². The molecule has 2 aromatic rings. The fraction of sp³-hybridized carbons (Fsp3) is 0.364. The molecule has 11 heteroatoms. The van der Waals surface area contributed by atoms with Gasteiger partial charge in [0, 0.05) is 35.5 Å². The molecule has 3 N–H and O–H groups in total. The molecule has 33 heavy (non-hydrogen) atoms. The van der Waals surface area contributed by atoms with Crippen molar-refractivity contribution in [3.8, 4) is 0 Å². The van der Waals surface area contributed by atoms with Crippen LogP contribution in [0.3, 0.4) is 0 Å². The lowest BCUT2D eigenvalue weighted by molar-refractivity contribution is -0.114. The highest BCUT2D eigenvalue weighted by atomic mass is 35.5. The van der Waals surface area contributed by atoms with E-state index in [1.165, 1.54) is 16.4 Å². The largest absolute Gasteiger partial charge is 0.379 e. The minimum atomic E-state index is -3.59. The van der Waals surface area contributed by atoms with Crippen molar-refractivity contribution in [2.45, 2.75) is 23.8 Å². The summed E-state index contributed by atoms with van der Waals surface area (Å²) in [6, 6.07) is 11.1. The summed E-state index contributed by atoms with van der Waals surface area (Å²) >= 11 is 6.04. The Labute approximate surface area is 197 Å². The normalized spacial score (nSPS) is 16.8. The van der Waals surface area contributed by atoms with Gasteiger partial charge in [0.2, 0.25) is 15.9 Å². The number of carbonyl (C=O) groups is 2. The van der Waals surface area contributed by atoms with Crippen LogP contribution in [-0.4, -0.2) is 63.4 Å². The summed E-state index contributed by atoms with van der Waals surface area (Å²) in [4.78, 5) is 25.0. The predicted octanol–water partition coefficient (Wildman–Crippen LogP) is 2.30. The minimum Gasteiger partial charge on any atom is -0.379 e. The molecule has 9 nitrogen and oxygen atoms in total. The quantitative estimate of drug-likeness (QED) is 0.520. The van der Waals surface area contributed by atoms with Crippen LogP contribution in [-0.2, 0) is 19.6 Å². The molecular weight excluding hydrogens is 468 g/mol. The fourth-order valence-electron chi connectivity index (χ4n) is 3.38. The van der Waals surface area contributed by atoms with E-state index in [1.54, 1.807) is 30.3 Å². The molecule has 2 aliphatic rings. The van der Waals surface area contributed by atoms with E-state index in [9.17, 15) is 18.0 Å². The van der Waals surface area contributed by atoms with Gasteiger partial charge in [-0.3, -0.25) is 9.59 Å². The van der Waals surface area contributed by atoms with Crippen LogP contribution < -0.4 is 16.0 Å². The summed E-state index contributed by atoms with van der Waals surface area (Å²) in [5.74, 6) is -0.581. The maximum atomic E-state index is 12.7. The van der Waals surface area contributed by atoms with E-state index in [-0.39, 0.29) is 29.3 Å². The molecular formula is C22H25ClN4O5S. The van der Waals surface area contributed by atoms with Crippen molar-refractivity contribution in [2.75, 3.05) is 43.5 Å². The van der Waals surface area contributed by atoms with Crippen LogP contribution in [0.25, 0.3) is 0 Å². The number of anilines is 2. The van der Waals surface area contributed by atoms with Crippen LogP contribution in [0.2, 0.25) is 5.02 Å². The molecule has 1 aliphatic carbocycles. The summed E-state index contributed by atoms with van der Waals surface area (Å²) in [6.07, 6.45) is 1.92. The van der Waals surface area contributed by atoms with Crippen LogP contribution in [0.1, 0.15) is 23.2 Å². The average molecular weight is 493 g/mol. The SMILES string of the molecule is O=C(CNc1ccc(Cl)cc1C(=O)NC1CC1)Nc1ccc(S(=O)(=O)N2CCOCC2)cc1. The maximum absolute atomic E-state index is 12.7. The first-order valence-corrected chi connectivity index (χ1v) is 12.5. The van der Waals surface area contributed by atoms with E-state index < -0.39 is 10.0 Å². The number of halogens is 1. The van der Waals surface area contributed by atoms with Crippen LogP contribution in [0.5, 0.6) is 0 Å². The molecule has 2 amide bonds. The Morgan fingerprint density at radius 3 is 2.42 bits per heavy atom. The number of nitrogens with one attached hydrogen (secondary N) is 3. The molecule has 1 aliphatic heterocycles. The van der Waals surface area contributed by atoms with Crippen molar-refractivity contribution < 1.29 is 22.7 Å². The van der Waals surface area contributed by atoms with E-state index in [0.717, 1.165) is 12.8 Å². The van der Waals surface area contributed by atoms with Gasteiger partial charge in [-0.1, -0.05) is 11.6 Å². The topological polar surface area (TPSA) is 117 Å². The number of morpholine rings is 1. The van der Waals surface area contributed by atoms with Crippen molar-refractivity contribution in [1.82, 2.24) is 9.62 Å². The number of hydrogen-bond donors (Lipinski definition) is 3. The van der Waals surface area contributed by atoms with Crippen molar-refractivity contribution in [3.63, 3.8) is 0 Å². The summed E-state index contributed by atoms with van der Waals surface area (Å²) in [5.41, 5.74) is 1.34. The number of amides is 2. The van der Waals surface area contributed by atoms with Gasteiger partial charge in [-0.2, -0.15) is 4.31 Å². The first-order chi connectivity index (χ1) is 15.8. The third-order valence-electron chi connectivity index (χ3n) is 5.32. The van der Waals surface area contributed by atoms with Crippen molar-refractivity contribution in [1.29, 1.82) is 0 Å². The second kappa shape index (κ2) is 10.1. The van der Waals surface area contributed by atoms with E-state index in [2.05, 4.69) is 16.0 Å². The Bertz CT molecular complexity index is 1130. The molecule has 176 valence electrons.